The average Bonchev–Trinajstić information content (AvgIpc) is 2.64. The number of halogens is 1. The first-order valence-corrected chi connectivity index (χ1v) is 4.63. The summed E-state index contributed by atoms with van der Waals surface area (Å²) in [5, 5.41) is 15.2. The van der Waals surface area contributed by atoms with Crippen LogP contribution in [0.15, 0.2) is 24.4 Å². The van der Waals surface area contributed by atoms with Crippen molar-refractivity contribution in [1.29, 1.82) is 0 Å². The summed E-state index contributed by atoms with van der Waals surface area (Å²) >= 11 is 0. The monoisotopic (exact) mass is 220 g/mol. The molecule has 2 rings (SSSR count). The van der Waals surface area contributed by atoms with Gasteiger partial charge in [-0.2, -0.15) is 5.10 Å². The smallest absolute Gasteiger partial charge is 0.335 e. The number of carboxylic acids is 1. The van der Waals surface area contributed by atoms with Crippen molar-refractivity contribution < 1.29 is 14.3 Å². The van der Waals surface area contributed by atoms with Crippen LogP contribution in [0.3, 0.4) is 0 Å². The Morgan fingerprint density at radius 1 is 1.44 bits per heavy atom. The number of carbonyl (C=O) groups is 1. The lowest BCUT2D eigenvalue weighted by molar-refractivity contribution is 0.0696. The molecule has 0 amide bonds. The standard InChI is InChI=1S/C11H9FN2O2/c1-6-9(5-13-14-6)8-3-2-7(11(15)16)4-10(8)12/h2-5H,1H3,(H,13,14)(H,15,16). The predicted molar refractivity (Wildman–Crippen MR) is 55.7 cm³/mol. The number of aromatic nitrogens is 2. The van der Waals surface area contributed by atoms with E-state index in [1.807, 2.05) is 0 Å². The summed E-state index contributed by atoms with van der Waals surface area (Å²) in [7, 11) is 0. The second-order valence-electron chi connectivity index (χ2n) is 3.41. The zero-order valence-electron chi connectivity index (χ0n) is 8.49. The summed E-state index contributed by atoms with van der Waals surface area (Å²) in [5.74, 6) is -1.71. The molecule has 0 aliphatic rings. The number of aromatic carboxylic acids is 1. The van der Waals surface area contributed by atoms with Gasteiger partial charge in [-0.3, -0.25) is 5.10 Å². The molecule has 16 heavy (non-hydrogen) atoms. The van der Waals surface area contributed by atoms with E-state index in [-0.39, 0.29) is 5.56 Å². The maximum absolute atomic E-state index is 13.6. The van der Waals surface area contributed by atoms with Gasteiger partial charge in [-0.1, -0.05) is 6.07 Å². The molecule has 0 aliphatic heterocycles. The van der Waals surface area contributed by atoms with E-state index in [0.29, 0.717) is 11.1 Å². The Morgan fingerprint density at radius 3 is 2.69 bits per heavy atom. The molecule has 0 saturated carbocycles. The van der Waals surface area contributed by atoms with E-state index >= 15 is 0 Å². The Balaban J connectivity index is 2.52. The maximum atomic E-state index is 13.6. The number of hydrogen-bond acceptors (Lipinski definition) is 2. The Kier molecular flexibility index (Phi) is 2.44. The van der Waals surface area contributed by atoms with Crippen molar-refractivity contribution in [2.45, 2.75) is 6.92 Å². The number of nitrogens with zero attached hydrogens (tertiary/aromatic N) is 1. The number of carboxylic acid groups (broad SMARTS) is 1. The van der Waals surface area contributed by atoms with Crippen molar-refractivity contribution in [2.75, 3.05) is 0 Å². The van der Waals surface area contributed by atoms with Gasteiger partial charge in [-0.05, 0) is 19.1 Å². The summed E-state index contributed by atoms with van der Waals surface area (Å²) in [6.07, 6.45) is 1.51. The lowest BCUT2D eigenvalue weighted by Crippen LogP contribution is -1.97. The lowest BCUT2D eigenvalue weighted by atomic mass is 10.0. The average molecular weight is 220 g/mol. The predicted octanol–water partition coefficient (Wildman–Crippen LogP) is 2.22. The minimum Gasteiger partial charge on any atom is -0.478 e. The van der Waals surface area contributed by atoms with E-state index in [2.05, 4.69) is 10.2 Å². The number of H-pyrrole nitrogens is 1. The summed E-state index contributed by atoms with van der Waals surface area (Å²) < 4.78 is 13.6. The lowest BCUT2D eigenvalue weighted by Gasteiger charge is -2.02. The SMILES string of the molecule is Cc1[nH]ncc1-c1ccc(C(=O)O)cc1F. The van der Waals surface area contributed by atoms with Crippen molar-refractivity contribution in [3.05, 3.63) is 41.5 Å². The van der Waals surface area contributed by atoms with Crippen LogP contribution in [0.1, 0.15) is 16.1 Å². The molecule has 0 fully saturated rings. The third-order valence-corrected chi connectivity index (χ3v) is 2.34. The molecule has 82 valence electrons. The zero-order valence-corrected chi connectivity index (χ0v) is 8.49. The van der Waals surface area contributed by atoms with Crippen LogP contribution >= 0.6 is 0 Å². The fourth-order valence-corrected chi connectivity index (χ4v) is 1.49. The summed E-state index contributed by atoms with van der Waals surface area (Å²) in [5.41, 5.74) is 1.65. The number of nitrogens with one attached hydrogen (secondary N) is 1. The molecule has 4 nitrogen and oxygen atoms in total. The molecule has 1 aromatic carbocycles. The number of benzene rings is 1. The van der Waals surface area contributed by atoms with Crippen LogP contribution in [-0.2, 0) is 0 Å². The molecule has 2 aromatic rings. The van der Waals surface area contributed by atoms with E-state index in [4.69, 9.17) is 5.11 Å². The molecule has 0 spiro atoms. The molecule has 0 atom stereocenters. The normalized spacial score (nSPS) is 10.4. The van der Waals surface area contributed by atoms with Crippen molar-refractivity contribution in [1.82, 2.24) is 10.2 Å². The molecule has 0 unspecified atom stereocenters. The minimum absolute atomic E-state index is 0.0672. The first kappa shape index (κ1) is 10.4. The van der Waals surface area contributed by atoms with Gasteiger partial charge in [-0.25, -0.2) is 9.18 Å². The van der Waals surface area contributed by atoms with Crippen molar-refractivity contribution >= 4 is 5.97 Å². The van der Waals surface area contributed by atoms with Crippen LogP contribution in [0, 0.1) is 12.7 Å². The summed E-state index contributed by atoms with van der Waals surface area (Å²) in [6, 6.07) is 3.81. The Labute approximate surface area is 90.7 Å². The highest BCUT2D eigenvalue weighted by atomic mass is 19.1. The third kappa shape index (κ3) is 1.67. The highest BCUT2D eigenvalue weighted by Crippen LogP contribution is 2.25. The maximum Gasteiger partial charge on any atom is 0.335 e. The molecule has 0 bridgehead atoms. The van der Waals surface area contributed by atoms with Gasteiger partial charge in [0.05, 0.1) is 11.8 Å². The number of aromatic amines is 1. The van der Waals surface area contributed by atoms with Crippen LogP contribution in [0.5, 0.6) is 0 Å². The second kappa shape index (κ2) is 3.77. The molecule has 1 heterocycles. The van der Waals surface area contributed by atoms with Gasteiger partial charge in [-0.15, -0.1) is 0 Å². The van der Waals surface area contributed by atoms with Crippen LogP contribution in [-0.4, -0.2) is 21.3 Å². The van der Waals surface area contributed by atoms with Gasteiger partial charge >= 0.3 is 5.97 Å². The molecule has 0 aliphatic carbocycles. The molecular weight excluding hydrogens is 211 g/mol. The zero-order chi connectivity index (χ0) is 11.7. The van der Waals surface area contributed by atoms with Crippen LogP contribution in [0.25, 0.3) is 11.1 Å². The fourth-order valence-electron chi connectivity index (χ4n) is 1.49. The van der Waals surface area contributed by atoms with Crippen LogP contribution in [0.4, 0.5) is 4.39 Å². The van der Waals surface area contributed by atoms with Gasteiger partial charge in [0.25, 0.3) is 0 Å². The molecule has 1 aromatic heterocycles. The Hall–Kier alpha value is -2.17. The quantitative estimate of drug-likeness (QED) is 0.815. The minimum atomic E-state index is -1.14. The van der Waals surface area contributed by atoms with E-state index in [0.717, 1.165) is 11.8 Å². The van der Waals surface area contributed by atoms with Crippen molar-refractivity contribution in [3.8, 4) is 11.1 Å². The van der Waals surface area contributed by atoms with Gasteiger partial charge in [0.2, 0.25) is 0 Å². The Bertz CT molecular complexity index is 549. The van der Waals surface area contributed by atoms with Gasteiger partial charge in [0.15, 0.2) is 0 Å². The summed E-state index contributed by atoms with van der Waals surface area (Å²) in [4.78, 5) is 10.6. The highest BCUT2D eigenvalue weighted by molar-refractivity contribution is 5.88. The van der Waals surface area contributed by atoms with E-state index in [9.17, 15) is 9.18 Å². The highest BCUT2D eigenvalue weighted by Gasteiger charge is 2.12. The first-order chi connectivity index (χ1) is 7.59. The second-order valence-corrected chi connectivity index (χ2v) is 3.41. The molecular formula is C11H9FN2O2. The van der Waals surface area contributed by atoms with E-state index in [1.165, 1.54) is 18.3 Å². The number of aryl methyl sites for hydroxylation is 1. The fraction of sp³-hybridized carbons (Fsp3) is 0.0909. The topological polar surface area (TPSA) is 66.0 Å². The van der Waals surface area contributed by atoms with Crippen LogP contribution in [0.2, 0.25) is 0 Å². The van der Waals surface area contributed by atoms with Gasteiger partial charge < -0.3 is 5.11 Å². The molecule has 0 saturated heterocycles. The van der Waals surface area contributed by atoms with Crippen LogP contribution < -0.4 is 0 Å². The van der Waals surface area contributed by atoms with Gasteiger partial charge in [0.1, 0.15) is 5.82 Å². The van der Waals surface area contributed by atoms with E-state index in [1.54, 1.807) is 6.92 Å². The molecule has 0 radical (unpaired) electrons. The third-order valence-electron chi connectivity index (χ3n) is 2.34. The molecule has 5 heteroatoms. The molecule has 2 N–H and O–H groups in total. The van der Waals surface area contributed by atoms with Crippen molar-refractivity contribution in [2.24, 2.45) is 0 Å². The van der Waals surface area contributed by atoms with Gasteiger partial charge in [0, 0.05) is 16.8 Å². The largest absolute Gasteiger partial charge is 0.478 e. The number of rotatable bonds is 2. The summed E-state index contributed by atoms with van der Waals surface area (Å²) in [6.45, 7) is 1.77. The first-order valence-electron chi connectivity index (χ1n) is 4.63. The van der Waals surface area contributed by atoms with Crippen molar-refractivity contribution in [3.63, 3.8) is 0 Å². The Morgan fingerprint density at radius 2 is 2.19 bits per heavy atom. The number of hydrogen-bond donors (Lipinski definition) is 2. The van der Waals surface area contributed by atoms with E-state index < -0.39 is 11.8 Å².